The van der Waals surface area contributed by atoms with Gasteiger partial charge in [-0.3, -0.25) is 0 Å². The topological polar surface area (TPSA) is 12.0 Å². The van der Waals surface area contributed by atoms with Gasteiger partial charge in [0, 0.05) is 11.1 Å². The molecule has 1 aromatic rings. The molecule has 1 aliphatic heterocycles. The summed E-state index contributed by atoms with van der Waals surface area (Å²) < 4.78 is 13.1. The van der Waals surface area contributed by atoms with Crippen LogP contribution in [0.4, 0.5) is 4.39 Å². The molecule has 76 valence electrons. The zero-order valence-electron chi connectivity index (χ0n) is 7.89. The first-order valence-electron chi connectivity index (χ1n) is 4.95. The third kappa shape index (κ3) is 2.25. The van der Waals surface area contributed by atoms with Gasteiger partial charge in [-0.2, -0.15) is 0 Å². The molecule has 1 heterocycles. The van der Waals surface area contributed by atoms with Crippen molar-refractivity contribution in [2.75, 3.05) is 6.54 Å². The maximum absolute atomic E-state index is 13.1. The molecule has 0 aliphatic carbocycles. The van der Waals surface area contributed by atoms with E-state index in [1.807, 2.05) is 6.07 Å². The predicted molar refractivity (Wildman–Crippen MR) is 56.0 cm³/mol. The Kier molecular flexibility index (Phi) is 3.04. The lowest BCUT2D eigenvalue weighted by molar-refractivity contribution is 0.411. The molecule has 1 aromatic carbocycles. The number of piperidine rings is 1. The third-order valence-electron chi connectivity index (χ3n) is 2.60. The van der Waals surface area contributed by atoms with Gasteiger partial charge in [0.15, 0.2) is 0 Å². The molecule has 0 aromatic heterocycles. The number of rotatable bonds is 1. The van der Waals surface area contributed by atoms with Gasteiger partial charge in [-0.25, -0.2) is 4.39 Å². The van der Waals surface area contributed by atoms with Gasteiger partial charge in [-0.05, 0) is 43.1 Å². The minimum Gasteiger partial charge on any atom is -0.310 e. The van der Waals surface area contributed by atoms with E-state index in [1.54, 1.807) is 6.07 Å². The summed E-state index contributed by atoms with van der Waals surface area (Å²) in [4.78, 5) is 0. The lowest BCUT2D eigenvalue weighted by Gasteiger charge is -2.23. The molecule has 1 fully saturated rings. The molecule has 3 heteroatoms. The van der Waals surface area contributed by atoms with Crippen molar-refractivity contribution in [1.82, 2.24) is 5.32 Å². The maximum Gasteiger partial charge on any atom is 0.125 e. The van der Waals surface area contributed by atoms with Crippen LogP contribution in [0.2, 0.25) is 5.02 Å². The summed E-state index contributed by atoms with van der Waals surface area (Å²) in [6.07, 6.45) is 3.48. The highest BCUT2D eigenvalue weighted by Crippen LogP contribution is 2.25. The minimum absolute atomic E-state index is 0.250. The highest BCUT2D eigenvalue weighted by Gasteiger charge is 2.15. The number of benzene rings is 1. The first-order chi connectivity index (χ1) is 6.75. The maximum atomic E-state index is 13.1. The second-order valence-corrected chi connectivity index (χ2v) is 4.14. The van der Waals surface area contributed by atoms with E-state index in [-0.39, 0.29) is 11.9 Å². The van der Waals surface area contributed by atoms with Crippen LogP contribution in [-0.4, -0.2) is 6.54 Å². The van der Waals surface area contributed by atoms with Crippen LogP contribution in [0, 0.1) is 5.82 Å². The molecule has 1 atom stereocenters. The van der Waals surface area contributed by atoms with Crippen molar-refractivity contribution in [3.63, 3.8) is 0 Å². The molecule has 1 aliphatic rings. The lowest BCUT2D eigenvalue weighted by Crippen LogP contribution is -2.26. The van der Waals surface area contributed by atoms with Crippen LogP contribution in [0.25, 0.3) is 0 Å². The molecule has 1 unspecified atom stereocenters. The fourth-order valence-electron chi connectivity index (χ4n) is 1.91. The van der Waals surface area contributed by atoms with Gasteiger partial charge in [0.25, 0.3) is 0 Å². The molecule has 0 amide bonds. The average molecular weight is 214 g/mol. The number of halogens is 2. The fraction of sp³-hybridized carbons (Fsp3) is 0.455. The molecule has 1 N–H and O–H groups in total. The predicted octanol–water partition coefficient (Wildman–Crippen LogP) is 3.29. The number of hydrogen-bond donors (Lipinski definition) is 1. The largest absolute Gasteiger partial charge is 0.310 e. The van der Waals surface area contributed by atoms with Crippen molar-refractivity contribution >= 4 is 11.6 Å². The Morgan fingerprint density at radius 2 is 2.14 bits per heavy atom. The summed E-state index contributed by atoms with van der Waals surface area (Å²) in [5, 5.41) is 3.84. The highest BCUT2D eigenvalue weighted by atomic mass is 35.5. The Balaban J connectivity index is 2.21. The van der Waals surface area contributed by atoms with Gasteiger partial charge in [0.2, 0.25) is 0 Å². The Morgan fingerprint density at radius 3 is 2.79 bits per heavy atom. The van der Waals surface area contributed by atoms with Crippen LogP contribution >= 0.6 is 11.6 Å². The SMILES string of the molecule is Fc1cc(Cl)cc(C2CCCCN2)c1. The van der Waals surface area contributed by atoms with Crippen LogP contribution in [0.15, 0.2) is 18.2 Å². The smallest absolute Gasteiger partial charge is 0.125 e. The first kappa shape index (κ1) is 9.94. The Hall–Kier alpha value is -0.600. The van der Waals surface area contributed by atoms with Crippen LogP contribution in [0.5, 0.6) is 0 Å². The van der Waals surface area contributed by atoms with Crippen LogP contribution in [0.1, 0.15) is 30.9 Å². The van der Waals surface area contributed by atoms with Crippen molar-refractivity contribution in [1.29, 1.82) is 0 Å². The van der Waals surface area contributed by atoms with Crippen molar-refractivity contribution in [2.45, 2.75) is 25.3 Å². The summed E-state index contributed by atoms with van der Waals surface area (Å²) in [5.74, 6) is -0.250. The second-order valence-electron chi connectivity index (χ2n) is 3.71. The summed E-state index contributed by atoms with van der Waals surface area (Å²) >= 11 is 5.80. The molecule has 2 rings (SSSR count). The Bertz CT molecular complexity index is 301. The quantitative estimate of drug-likeness (QED) is 0.755. The summed E-state index contributed by atoms with van der Waals surface area (Å²) in [5.41, 5.74) is 0.967. The lowest BCUT2D eigenvalue weighted by atomic mass is 9.97. The highest BCUT2D eigenvalue weighted by molar-refractivity contribution is 6.30. The van der Waals surface area contributed by atoms with E-state index in [1.165, 1.54) is 18.9 Å². The summed E-state index contributed by atoms with van der Waals surface area (Å²) in [6.45, 7) is 1.01. The third-order valence-corrected chi connectivity index (χ3v) is 2.82. The van der Waals surface area contributed by atoms with E-state index in [2.05, 4.69) is 5.32 Å². The van der Waals surface area contributed by atoms with Crippen molar-refractivity contribution in [2.24, 2.45) is 0 Å². The van der Waals surface area contributed by atoms with Crippen molar-refractivity contribution < 1.29 is 4.39 Å². The van der Waals surface area contributed by atoms with E-state index >= 15 is 0 Å². The van der Waals surface area contributed by atoms with Gasteiger partial charge >= 0.3 is 0 Å². The Labute approximate surface area is 88.3 Å². The second kappa shape index (κ2) is 4.28. The standard InChI is InChI=1S/C11H13ClFN/c12-9-5-8(6-10(13)7-9)11-3-1-2-4-14-11/h5-7,11,14H,1-4H2. The molecular weight excluding hydrogens is 201 g/mol. The van der Waals surface area contributed by atoms with E-state index in [0.717, 1.165) is 18.5 Å². The fourth-order valence-corrected chi connectivity index (χ4v) is 2.14. The average Bonchev–Trinajstić information content (AvgIpc) is 2.18. The van der Waals surface area contributed by atoms with E-state index in [9.17, 15) is 4.39 Å². The molecular formula is C11H13ClFN. The molecule has 0 spiro atoms. The van der Waals surface area contributed by atoms with Crippen molar-refractivity contribution in [3.8, 4) is 0 Å². The number of hydrogen-bond acceptors (Lipinski definition) is 1. The normalized spacial score (nSPS) is 22.3. The molecule has 14 heavy (non-hydrogen) atoms. The minimum atomic E-state index is -0.250. The van der Waals surface area contributed by atoms with E-state index < -0.39 is 0 Å². The molecule has 0 radical (unpaired) electrons. The molecule has 1 saturated heterocycles. The van der Waals surface area contributed by atoms with Gasteiger partial charge in [-0.15, -0.1) is 0 Å². The van der Waals surface area contributed by atoms with Gasteiger partial charge in [0.05, 0.1) is 0 Å². The van der Waals surface area contributed by atoms with Crippen LogP contribution in [0.3, 0.4) is 0 Å². The summed E-state index contributed by atoms with van der Waals surface area (Å²) in [7, 11) is 0. The Morgan fingerprint density at radius 1 is 1.29 bits per heavy atom. The zero-order valence-corrected chi connectivity index (χ0v) is 8.65. The molecule has 0 saturated carbocycles. The van der Waals surface area contributed by atoms with E-state index in [4.69, 9.17) is 11.6 Å². The van der Waals surface area contributed by atoms with Gasteiger partial charge in [-0.1, -0.05) is 18.0 Å². The van der Waals surface area contributed by atoms with E-state index in [0.29, 0.717) is 5.02 Å². The monoisotopic (exact) mass is 213 g/mol. The van der Waals surface area contributed by atoms with Crippen LogP contribution < -0.4 is 5.32 Å². The first-order valence-corrected chi connectivity index (χ1v) is 5.33. The van der Waals surface area contributed by atoms with Crippen LogP contribution in [-0.2, 0) is 0 Å². The van der Waals surface area contributed by atoms with Crippen molar-refractivity contribution in [3.05, 3.63) is 34.6 Å². The molecule has 0 bridgehead atoms. The zero-order chi connectivity index (χ0) is 9.97. The molecule has 1 nitrogen and oxygen atoms in total. The summed E-state index contributed by atoms with van der Waals surface area (Å²) in [6, 6.07) is 5.02. The van der Waals surface area contributed by atoms with Gasteiger partial charge in [0.1, 0.15) is 5.82 Å². The van der Waals surface area contributed by atoms with Gasteiger partial charge < -0.3 is 5.32 Å². The number of nitrogens with one attached hydrogen (secondary N) is 1.